The van der Waals surface area contributed by atoms with Crippen molar-refractivity contribution in [1.29, 1.82) is 0 Å². The molecular formula is C32H23Cl2N3O2. The Hall–Kier alpha value is -3.87. The van der Waals surface area contributed by atoms with E-state index in [0.717, 1.165) is 44.5 Å². The summed E-state index contributed by atoms with van der Waals surface area (Å²) in [5.41, 5.74) is 7.70. The number of fused-ring (bicyclic) bond motifs is 2. The number of benzene rings is 4. The quantitative estimate of drug-likeness (QED) is 0.232. The first-order chi connectivity index (χ1) is 19.1. The third kappa shape index (κ3) is 4.15. The molecule has 0 radical (unpaired) electrons. The number of aliphatic hydroxyl groups excluding tert-OH is 1. The highest BCUT2D eigenvalue weighted by atomic mass is 35.5. The minimum Gasteiger partial charge on any atom is -0.384 e. The molecule has 0 aliphatic carbocycles. The van der Waals surface area contributed by atoms with E-state index in [4.69, 9.17) is 33.0 Å². The number of aromatic nitrogens is 3. The van der Waals surface area contributed by atoms with Gasteiger partial charge in [-0.05, 0) is 53.6 Å². The zero-order valence-corrected chi connectivity index (χ0v) is 22.2. The molecule has 0 amide bonds. The van der Waals surface area contributed by atoms with Crippen molar-refractivity contribution in [3.05, 3.63) is 130 Å². The van der Waals surface area contributed by atoms with Gasteiger partial charge in [0.05, 0.1) is 23.7 Å². The highest BCUT2D eigenvalue weighted by molar-refractivity contribution is 6.31. The predicted octanol–water partition coefficient (Wildman–Crippen LogP) is 8.15. The average molecular weight is 552 g/mol. The van der Waals surface area contributed by atoms with Crippen molar-refractivity contribution >= 4 is 34.1 Å². The van der Waals surface area contributed by atoms with Crippen LogP contribution >= 0.6 is 23.2 Å². The first kappa shape index (κ1) is 24.2. The van der Waals surface area contributed by atoms with Gasteiger partial charge in [0.25, 0.3) is 0 Å². The summed E-state index contributed by atoms with van der Waals surface area (Å²) >= 11 is 12.9. The van der Waals surface area contributed by atoms with Crippen LogP contribution in [-0.2, 0) is 4.74 Å². The van der Waals surface area contributed by atoms with Crippen LogP contribution in [0.15, 0.2) is 103 Å². The van der Waals surface area contributed by atoms with E-state index in [-0.39, 0.29) is 6.61 Å². The first-order valence-corrected chi connectivity index (χ1v) is 13.4. The van der Waals surface area contributed by atoms with Crippen LogP contribution in [0.2, 0.25) is 10.0 Å². The monoisotopic (exact) mass is 551 g/mol. The van der Waals surface area contributed by atoms with Gasteiger partial charge in [-0.1, -0.05) is 83.9 Å². The summed E-state index contributed by atoms with van der Waals surface area (Å²) in [6.07, 6.45) is -1.34. The molecule has 0 bridgehead atoms. The molecule has 3 heterocycles. The fourth-order valence-electron chi connectivity index (χ4n) is 5.52. The summed E-state index contributed by atoms with van der Waals surface area (Å²) in [7, 11) is 0. The molecule has 192 valence electrons. The molecule has 2 N–H and O–H groups in total. The van der Waals surface area contributed by atoms with Crippen molar-refractivity contribution in [2.75, 3.05) is 6.61 Å². The van der Waals surface area contributed by atoms with Crippen molar-refractivity contribution < 1.29 is 9.84 Å². The molecule has 4 aromatic carbocycles. The molecule has 0 saturated carbocycles. The SMILES string of the molecule is O[C@@H]1CO[C@@H](c2cccc(Cl)c2)c2c(-c3[nH]c4ccccc4c3-c3cccc(Cl)c3)nn(-c3ccccc3)c21. The Kier molecular flexibility index (Phi) is 6.02. The maximum absolute atomic E-state index is 11.3. The van der Waals surface area contributed by atoms with Gasteiger partial charge < -0.3 is 14.8 Å². The van der Waals surface area contributed by atoms with Gasteiger partial charge in [-0.3, -0.25) is 0 Å². The van der Waals surface area contributed by atoms with E-state index >= 15 is 0 Å². The third-order valence-electron chi connectivity index (χ3n) is 7.17. The van der Waals surface area contributed by atoms with Crippen molar-refractivity contribution in [3.8, 4) is 28.2 Å². The highest BCUT2D eigenvalue weighted by Gasteiger charge is 2.37. The van der Waals surface area contributed by atoms with Crippen LogP contribution in [0, 0.1) is 0 Å². The summed E-state index contributed by atoms with van der Waals surface area (Å²) in [6.45, 7) is 0.135. The van der Waals surface area contributed by atoms with Crippen LogP contribution in [0.5, 0.6) is 0 Å². The lowest BCUT2D eigenvalue weighted by atomic mass is 9.91. The largest absolute Gasteiger partial charge is 0.384 e. The van der Waals surface area contributed by atoms with Crippen molar-refractivity contribution in [1.82, 2.24) is 14.8 Å². The van der Waals surface area contributed by atoms with E-state index in [9.17, 15) is 5.11 Å². The third-order valence-corrected chi connectivity index (χ3v) is 7.64. The lowest BCUT2D eigenvalue weighted by molar-refractivity contribution is -0.0160. The molecule has 1 aliphatic heterocycles. The molecule has 0 spiro atoms. The van der Waals surface area contributed by atoms with E-state index < -0.39 is 12.2 Å². The molecule has 1 aliphatic rings. The van der Waals surface area contributed by atoms with Crippen LogP contribution in [0.1, 0.15) is 29.0 Å². The Morgan fingerprint density at radius 3 is 2.38 bits per heavy atom. The molecule has 7 heteroatoms. The number of halogens is 2. The maximum atomic E-state index is 11.3. The van der Waals surface area contributed by atoms with E-state index in [1.807, 2.05) is 102 Å². The molecule has 0 unspecified atom stereocenters. The number of aromatic amines is 1. The number of aliphatic hydroxyl groups is 1. The minimum atomic E-state index is -0.865. The van der Waals surface area contributed by atoms with Crippen LogP contribution in [-0.4, -0.2) is 26.5 Å². The lowest BCUT2D eigenvalue weighted by Gasteiger charge is -2.28. The van der Waals surface area contributed by atoms with Gasteiger partial charge in [-0.15, -0.1) is 0 Å². The van der Waals surface area contributed by atoms with Crippen molar-refractivity contribution in [3.63, 3.8) is 0 Å². The summed E-state index contributed by atoms with van der Waals surface area (Å²) in [5, 5.41) is 18.8. The summed E-state index contributed by atoms with van der Waals surface area (Å²) < 4.78 is 8.15. The Balaban J connectivity index is 1.57. The Labute approximate surface area is 235 Å². The predicted molar refractivity (Wildman–Crippen MR) is 156 cm³/mol. The number of nitrogens with zero attached hydrogens (tertiary/aromatic N) is 2. The van der Waals surface area contributed by atoms with E-state index in [2.05, 4.69) is 11.1 Å². The average Bonchev–Trinajstić information content (AvgIpc) is 3.54. The molecule has 0 saturated heterocycles. The zero-order valence-electron chi connectivity index (χ0n) is 20.7. The summed E-state index contributed by atoms with van der Waals surface area (Å²) in [5.74, 6) is 0. The second-order valence-corrected chi connectivity index (χ2v) is 10.5. The minimum absolute atomic E-state index is 0.135. The lowest BCUT2D eigenvalue weighted by Crippen LogP contribution is -2.23. The summed E-state index contributed by atoms with van der Waals surface area (Å²) in [4.78, 5) is 3.63. The standard InChI is InChI=1S/C32H23Cl2N3O2/c33-21-10-6-8-19(16-21)27-24-14-4-5-15-25(24)35-29(27)30-28-31(37(36-30)23-12-2-1-3-13-23)26(38)18-39-32(28)20-9-7-11-22(34)17-20/h1-17,26,32,35,38H,18H2/t26-,32+/m1/s1. The van der Waals surface area contributed by atoms with Crippen molar-refractivity contribution in [2.24, 2.45) is 0 Å². The van der Waals surface area contributed by atoms with Crippen LogP contribution in [0.3, 0.4) is 0 Å². The Bertz CT molecular complexity index is 1830. The molecular weight excluding hydrogens is 529 g/mol. The van der Waals surface area contributed by atoms with Gasteiger partial charge in [0.2, 0.25) is 0 Å². The van der Waals surface area contributed by atoms with E-state index in [0.29, 0.717) is 21.4 Å². The molecule has 2 atom stereocenters. The molecule has 2 aromatic heterocycles. The Morgan fingerprint density at radius 1 is 0.846 bits per heavy atom. The smallest absolute Gasteiger partial charge is 0.120 e. The molecule has 0 fully saturated rings. The Morgan fingerprint density at radius 2 is 1.59 bits per heavy atom. The van der Waals surface area contributed by atoms with E-state index in [1.165, 1.54) is 0 Å². The number of hydrogen-bond acceptors (Lipinski definition) is 3. The van der Waals surface area contributed by atoms with Gasteiger partial charge in [0, 0.05) is 32.1 Å². The van der Waals surface area contributed by atoms with Gasteiger partial charge in [-0.2, -0.15) is 5.10 Å². The second kappa shape index (κ2) is 9.70. The molecule has 6 aromatic rings. The zero-order chi connectivity index (χ0) is 26.5. The molecule has 7 rings (SSSR count). The summed E-state index contributed by atoms with van der Waals surface area (Å²) in [6, 6.07) is 33.5. The maximum Gasteiger partial charge on any atom is 0.120 e. The second-order valence-electron chi connectivity index (χ2n) is 9.61. The van der Waals surface area contributed by atoms with Gasteiger partial charge >= 0.3 is 0 Å². The van der Waals surface area contributed by atoms with Gasteiger partial charge in [-0.25, -0.2) is 4.68 Å². The number of H-pyrrole nitrogens is 1. The number of hydrogen-bond donors (Lipinski definition) is 2. The number of rotatable bonds is 4. The molecule has 39 heavy (non-hydrogen) atoms. The number of para-hydroxylation sites is 2. The highest BCUT2D eigenvalue weighted by Crippen LogP contribution is 2.47. The fraction of sp³-hybridized carbons (Fsp3) is 0.0938. The van der Waals surface area contributed by atoms with Gasteiger partial charge in [0.1, 0.15) is 17.9 Å². The fourth-order valence-corrected chi connectivity index (χ4v) is 5.91. The molecule has 5 nitrogen and oxygen atoms in total. The van der Waals surface area contributed by atoms with Crippen LogP contribution in [0.4, 0.5) is 0 Å². The number of ether oxygens (including phenoxy) is 1. The topological polar surface area (TPSA) is 63.1 Å². The van der Waals surface area contributed by atoms with Gasteiger partial charge in [0.15, 0.2) is 0 Å². The number of nitrogens with one attached hydrogen (secondary N) is 1. The first-order valence-electron chi connectivity index (χ1n) is 12.7. The van der Waals surface area contributed by atoms with Crippen LogP contribution in [0.25, 0.3) is 39.1 Å². The normalized spacial score (nSPS) is 16.9. The van der Waals surface area contributed by atoms with Crippen molar-refractivity contribution in [2.45, 2.75) is 12.2 Å². The van der Waals surface area contributed by atoms with Crippen LogP contribution < -0.4 is 0 Å². The van der Waals surface area contributed by atoms with E-state index in [1.54, 1.807) is 0 Å².